The van der Waals surface area contributed by atoms with Gasteiger partial charge >= 0.3 is 0 Å². The van der Waals surface area contributed by atoms with Crippen LogP contribution in [0.5, 0.6) is 0 Å². The van der Waals surface area contributed by atoms with Crippen LogP contribution in [0, 0.1) is 11.3 Å². The molecule has 0 aliphatic carbocycles. The zero-order valence-electron chi connectivity index (χ0n) is 10.8. The highest BCUT2D eigenvalue weighted by atomic mass is 35.5. The van der Waals surface area contributed by atoms with Gasteiger partial charge in [-0.05, 0) is 37.6 Å². The number of aliphatic hydroxyl groups is 1. The van der Waals surface area contributed by atoms with Crippen LogP contribution in [0.2, 0.25) is 5.02 Å². The molecule has 19 heavy (non-hydrogen) atoms. The first-order valence-corrected chi connectivity index (χ1v) is 6.91. The molecular weight excluding hydrogens is 262 g/mol. The topological polar surface area (TPSA) is 59.3 Å². The van der Waals surface area contributed by atoms with Gasteiger partial charge in [0.05, 0.1) is 17.9 Å². The molecule has 1 aromatic rings. The molecule has 1 aliphatic heterocycles. The van der Waals surface area contributed by atoms with Gasteiger partial charge in [-0.2, -0.15) is 5.26 Å². The number of nitrogens with zero attached hydrogens (tertiary/aromatic N) is 2. The second kappa shape index (κ2) is 6.76. The van der Waals surface area contributed by atoms with Gasteiger partial charge in [-0.1, -0.05) is 11.6 Å². The van der Waals surface area contributed by atoms with Crippen LogP contribution in [-0.4, -0.2) is 37.4 Å². The Morgan fingerprint density at radius 2 is 2.37 bits per heavy atom. The fourth-order valence-electron chi connectivity index (χ4n) is 2.48. The minimum atomic E-state index is 0.0697. The van der Waals surface area contributed by atoms with Crippen LogP contribution in [0.15, 0.2) is 18.2 Å². The maximum absolute atomic E-state index is 9.22. The van der Waals surface area contributed by atoms with Crippen molar-refractivity contribution in [1.82, 2.24) is 5.32 Å². The van der Waals surface area contributed by atoms with E-state index in [1.165, 1.54) is 6.42 Å². The maximum Gasteiger partial charge on any atom is 0.101 e. The standard InChI is InChI=1S/C14H18ClN3O/c15-12-3-4-14(11(8-12)9-16)18(6-7-19)10-13-2-1-5-17-13/h3-4,8,13,17,19H,1-2,5-7,10H2. The molecule has 0 bridgehead atoms. The van der Waals surface area contributed by atoms with E-state index in [-0.39, 0.29) is 6.61 Å². The van der Waals surface area contributed by atoms with Crippen molar-refractivity contribution in [2.24, 2.45) is 0 Å². The number of anilines is 1. The summed E-state index contributed by atoms with van der Waals surface area (Å²) in [6.07, 6.45) is 2.32. The molecule has 0 aromatic heterocycles. The largest absolute Gasteiger partial charge is 0.395 e. The molecule has 0 amide bonds. The molecule has 1 atom stereocenters. The number of rotatable bonds is 5. The van der Waals surface area contributed by atoms with Gasteiger partial charge in [-0.25, -0.2) is 0 Å². The maximum atomic E-state index is 9.22. The molecule has 1 heterocycles. The van der Waals surface area contributed by atoms with Crippen LogP contribution in [0.4, 0.5) is 5.69 Å². The monoisotopic (exact) mass is 279 g/mol. The normalized spacial score (nSPS) is 18.3. The van der Waals surface area contributed by atoms with Crippen LogP contribution in [-0.2, 0) is 0 Å². The summed E-state index contributed by atoms with van der Waals surface area (Å²) in [6, 6.07) is 7.90. The van der Waals surface area contributed by atoms with Crippen molar-refractivity contribution in [3.63, 3.8) is 0 Å². The van der Waals surface area contributed by atoms with Gasteiger partial charge in [0, 0.05) is 24.2 Å². The Morgan fingerprint density at radius 3 is 3.00 bits per heavy atom. The van der Waals surface area contributed by atoms with Crippen LogP contribution in [0.25, 0.3) is 0 Å². The van der Waals surface area contributed by atoms with E-state index in [0.29, 0.717) is 23.2 Å². The van der Waals surface area contributed by atoms with E-state index in [1.807, 2.05) is 6.07 Å². The van der Waals surface area contributed by atoms with Gasteiger partial charge < -0.3 is 15.3 Å². The third-order valence-corrected chi connectivity index (χ3v) is 3.63. The molecule has 2 N–H and O–H groups in total. The lowest BCUT2D eigenvalue weighted by molar-refractivity contribution is 0.300. The van der Waals surface area contributed by atoms with Crippen molar-refractivity contribution in [1.29, 1.82) is 5.26 Å². The Kier molecular flexibility index (Phi) is 5.03. The highest BCUT2D eigenvalue weighted by Crippen LogP contribution is 2.24. The molecule has 0 spiro atoms. The van der Waals surface area contributed by atoms with Crippen LogP contribution >= 0.6 is 11.6 Å². The fraction of sp³-hybridized carbons (Fsp3) is 0.500. The van der Waals surface area contributed by atoms with Gasteiger partial charge in [-0.15, -0.1) is 0 Å². The van der Waals surface area contributed by atoms with E-state index in [1.54, 1.807) is 12.1 Å². The molecule has 1 unspecified atom stereocenters. The Hall–Kier alpha value is -1.28. The number of benzene rings is 1. The van der Waals surface area contributed by atoms with Crippen molar-refractivity contribution in [3.05, 3.63) is 28.8 Å². The number of hydrogen-bond donors (Lipinski definition) is 2. The molecule has 1 aliphatic rings. The summed E-state index contributed by atoms with van der Waals surface area (Å²) >= 11 is 5.92. The number of nitriles is 1. The Labute approximate surface area is 118 Å². The zero-order valence-corrected chi connectivity index (χ0v) is 11.5. The third kappa shape index (κ3) is 3.60. The Bertz CT molecular complexity index is 466. The molecular formula is C14H18ClN3O. The predicted molar refractivity (Wildman–Crippen MR) is 76.5 cm³/mol. The summed E-state index contributed by atoms with van der Waals surface area (Å²) in [7, 11) is 0. The van der Waals surface area contributed by atoms with E-state index in [9.17, 15) is 10.4 Å². The van der Waals surface area contributed by atoms with Crippen LogP contribution in [0.1, 0.15) is 18.4 Å². The van der Waals surface area contributed by atoms with Gasteiger partial charge in [0.15, 0.2) is 0 Å². The number of nitrogens with one attached hydrogen (secondary N) is 1. The van der Waals surface area contributed by atoms with Crippen molar-refractivity contribution >= 4 is 17.3 Å². The molecule has 4 nitrogen and oxygen atoms in total. The van der Waals surface area contributed by atoms with Crippen LogP contribution in [0.3, 0.4) is 0 Å². The first kappa shape index (κ1) is 14.1. The zero-order chi connectivity index (χ0) is 13.7. The lowest BCUT2D eigenvalue weighted by Gasteiger charge is -2.28. The number of halogens is 1. The summed E-state index contributed by atoms with van der Waals surface area (Å²) in [4.78, 5) is 2.05. The van der Waals surface area contributed by atoms with Crippen LogP contribution < -0.4 is 10.2 Å². The van der Waals surface area contributed by atoms with Crippen molar-refractivity contribution in [2.45, 2.75) is 18.9 Å². The lowest BCUT2D eigenvalue weighted by atomic mass is 10.1. The molecule has 5 heteroatoms. The average Bonchev–Trinajstić information content (AvgIpc) is 2.91. The van der Waals surface area contributed by atoms with E-state index >= 15 is 0 Å². The van der Waals surface area contributed by atoms with E-state index in [0.717, 1.165) is 25.2 Å². The molecule has 1 saturated heterocycles. The second-order valence-electron chi connectivity index (χ2n) is 4.74. The summed E-state index contributed by atoms with van der Waals surface area (Å²) in [5.74, 6) is 0. The van der Waals surface area contributed by atoms with Crippen molar-refractivity contribution < 1.29 is 5.11 Å². The fourth-order valence-corrected chi connectivity index (χ4v) is 2.66. The Morgan fingerprint density at radius 1 is 1.53 bits per heavy atom. The van der Waals surface area contributed by atoms with Gasteiger partial charge in [0.25, 0.3) is 0 Å². The molecule has 2 rings (SSSR count). The van der Waals surface area contributed by atoms with Gasteiger partial charge in [0.2, 0.25) is 0 Å². The molecule has 1 aromatic carbocycles. The van der Waals surface area contributed by atoms with Crippen molar-refractivity contribution in [2.75, 3.05) is 31.1 Å². The SMILES string of the molecule is N#Cc1cc(Cl)ccc1N(CCO)CC1CCCN1. The van der Waals surface area contributed by atoms with Crippen molar-refractivity contribution in [3.8, 4) is 6.07 Å². The molecule has 0 radical (unpaired) electrons. The quantitative estimate of drug-likeness (QED) is 0.862. The smallest absolute Gasteiger partial charge is 0.101 e. The summed E-state index contributed by atoms with van der Waals surface area (Å²) in [5, 5.41) is 22.4. The minimum Gasteiger partial charge on any atom is -0.395 e. The lowest BCUT2D eigenvalue weighted by Crippen LogP contribution is -2.39. The number of aliphatic hydroxyl groups excluding tert-OH is 1. The summed E-state index contributed by atoms with van der Waals surface area (Å²) in [6.45, 7) is 2.44. The van der Waals surface area contributed by atoms with E-state index in [4.69, 9.17) is 11.6 Å². The second-order valence-corrected chi connectivity index (χ2v) is 5.17. The highest BCUT2D eigenvalue weighted by Gasteiger charge is 2.19. The Balaban J connectivity index is 2.20. The molecule has 0 saturated carbocycles. The van der Waals surface area contributed by atoms with Gasteiger partial charge in [0.1, 0.15) is 6.07 Å². The highest BCUT2D eigenvalue weighted by molar-refractivity contribution is 6.30. The molecule has 1 fully saturated rings. The van der Waals surface area contributed by atoms with E-state index in [2.05, 4.69) is 16.3 Å². The number of hydrogen-bond acceptors (Lipinski definition) is 4. The predicted octanol–water partition coefficient (Wildman–Crippen LogP) is 1.76. The first-order valence-electron chi connectivity index (χ1n) is 6.53. The van der Waals surface area contributed by atoms with E-state index < -0.39 is 0 Å². The summed E-state index contributed by atoms with van der Waals surface area (Å²) in [5.41, 5.74) is 1.40. The molecule has 102 valence electrons. The minimum absolute atomic E-state index is 0.0697. The summed E-state index contributed by atoms with van der Waals surface area (Å²) < 4.78 is 0. The third-order valence-electron chi connectivity index (χ3n) is 3.39. The average molecular weight is 280 g/mol. The van der Waals surface area contributed by atoms with Gasteiger partial charge in [-0.3, -0.25) is 0 Å². The first-order chi connectivity index (χ1) is 9.24.